The number of hydrogen-bond acceptors (Lipinski definition) is 6. The molecule has 2 N–H and O–H groups in total. The highest BCUT2D eigenvalue weighted by molar-refractivity contribution is 9.10. The van der Waals surface area contributed by atoms with Gasteiger partial charge < -0.3 is 14.6 Å². The van der Waals surface area contributed by atoms with E-state index in [1.54, 1.807) is 30.3 Å². The number of aromatic nitrogens is 2. The van der Waals surface area contributed by atoms with Crippen molar-refractivity contribution in [2.45, 2.75) is 23.3 Å². The summed E-state index contributed by atoms with van der Waals surface area (Å²) >= 11 is 6.34. The summed E-state index contributed by atoms with van der Waals surface area (Å²) < 4.78 is 12.2. The van der Waals surface area contributed by atoms with E-state index in [0.717, 1.165) is 4.57 Å². The van der Waals surface area contributed by atoms with Gasteiger partial charge in [0, 0.05) is 6.20 Å². The van der Waals surface area contributed by atoms with Crippen molar-refractivity contribution in [2.75, 3.05) is 6.61 Å². The second kappa shape index (κ2) is 7.87. The lowest BCUT2D eigenvalue weighted by molar-refractivity contribution is -0.0530. The van der Waals surface area contributed by atoms with Crippen LogP contribution in [-0.2, 0) is 9.47 Å². The van der Waals surface area contributed by atoms with E-state index < -0.39 is 40.5 Å². The molecule has 2 heterocycles. The molecule has 1 aromatic carbocycles. The molecule has 0 amide bonds. The van der Waals surface area contributed by atoms with Crippen molar-refractivity contribution >= 4 is 37.8 Å². The molecule has 138 valence electrons. The first-order chi connectivity index (χ1) is 12.4. The van der Waals surface area contributed by atoms with Crippen LogP contribution in [0.5, 0.6) is 0 Å². The number of rotatable bonds is 4. The monoisotopic (exact) mass is 488 g/mol. The minimum Gasteiger partial charge on any atom is -0.459 e. The van der Waals surface area contributed by atoms with Gasteiger partial charge in [-0.05, 0) is 28.1 Å². The van der Waals surface area contributed by atoms with Crippen LogP contribution in [0.2, 0.25) is 0 Å². The average Bonchev–Trinajstić information content (AvgIpc) is 2.91. The molecular weight excluding hydrogens is 476 g/mol. The molecule has 2 aromatic rings. The Bertz CT molecular complexity index is 913. The fourth-order valence-corrected chi connectivity index (χ4v) is 3.57. The van der Waals surface area contributed by atoms with Gasteiger partial charge in [-0.2, -0.15) is 0 Å². The molecule has 0 aliphatic carbocycles. The lowest BCUT2D eigenvalue weighted by Gasteiger charge is -2.17. The first-order valence-electron chi connectivity index (χ1n) is 7.59. The lowest BCUT2D eigenvalue weighted by Crippen LogP contribution is -2.35. The zero-order valence-electron chi connectivity index (χ0n) is 13.2. The molecule has 1 aliphatic heterocycles. The van der Waals surface area contributed by atoms with Gasteiger partial charge in [-0.15, -0.1) is 0 Å². The smallest absolute Gasteiger partial charge is 0.338 e. The van der Waals surface area contributed by atoms with Gasteiger partial charge in [-0.1, -0.05) is 34.1 Å². The molecule has 26 heavy (non-hydrogen) atoms. The maximum Gasteiger partial charge on any atom is 0.338 e. The van der Waals surface area contributed by atoms with Gasteiger partial charge in [0.15, 0.2) is 6.23 Å². The number of carbonyl (C=O) groups is 1. The number of ether oxygens (including phenoxy) is 2. The quantitative estimate of drug-likeness (QED) is 0.492. The Morgan fingerprint density at radius 3 is 2.69 bits per heavy atom. The van der Waals surface area contributed by atoms with Crippen molar-refractivity contribution in [1.82, 2.24) is 9.55 Å². The normalized spacial score (nSPS) is 25.2. The van der Waals surface area contributed by atoms with Gasteiger partial charge >= 0.3 is 11.7 Å². The average molecular weight is 490 g/mol. The molecule has 4 atom stereocenters. The molecule has 1 aliphatic rings. The van der Waals surface area contributed by atoms with Crippen LogP contribution >= 0.6 is 31.9 Å². The zero-order valence-corrected chi connectivity index (χ0v) is 16.3. The minimum absolute atomic E-state index is 0.147. The topological polar surface area (TPSA) is 111 Å². The number of esters is 1. The van der Waals surface area contributed by atoms with E-state index in [0.29, 0.717) is 5.56 Å². The Morgan fingerprint density at radius 2 is 2.00 bits per heavy atom. The molecule has 0 radical (unpaired) electrons. The number of alkyl halides is 1. The first-order valence-corrected chi connectivity index (χ1v) is 9.30. The summed E-state index contributed by atoms with van der Waals surface area (Å²) in [6, 6.07) is 8.43. The number of carbonyl (C=O) groups excluding carboxylic acids is 1. The Hall–Kier alpha value is -1.75. The zero-order chi connectivity index (χ0) is 18.8. The second-order valence-electron chi connectivity index (χ2n) is 5.61. The van der Waals surface area contributed by atoms with Crippen LogP contribution < -0.4 is 11.2 Å². The van der Waals surface area contributed by atoms with Crippen LogP contribution in [0.15, 0.2) is 50.6 Å². The third kappa shape index (κ3) is 3.83. The Kier molecular flexibility index (Phi) is 5.76. The van der Waals surface area contributed by atoms with E-state index in [4.69, 9.17) is 9.47 Å². The van der Waals surface area contributed by atoms with Crippen LogP contribution in [0.3, 0.4) is 0 Å². The molecule has 0 spiro atoms. The van der Waals surface area contributed by atoms with E-state index in [9.17, 15) is 19.5 Å². The predicted octanol–water partition coefficient (Wildman–Crippen LogP) is 1.18. The third-order valence-corrected chi connectivity index (χ3v) is 5.44. The van der Waals surface area contributed by atoms with Gasteiger partial charge in [-0.3, -0.25) is 14.3 Å². The number of aromatic amines is 1. The Balaban J connectivity index is 1.72. The van der Waals surface area contributed by atoms with E-state index in [-0.39, 0.29) is 11.1 Å². The molecule has 1 saturated heterocycles. The molecule has 8 nitrogen and oxygen atoms in total. The summed E-state index contributed by atoms with van der Waals surface area (Å²) in [4.78, 5) is 37.0. The van der Waals surface area contributed by atoms with Crippen LogP contribution in [0, 0.1) is 0 Å². The second-order valence-corrected chi connectivity index (χ2v) is 7.52. The SMILES string of the molecule is O=C(OC[C@H]1O[C@@H](n2cc(Br)c(=O)[nH]c2=O)[C@H](Br)[C@@H]1O)c1ccccc1. The summed E-state index contributed by atoms with van der Waals surface area (Å²) in [5.74, 6) is -0.542. The number of H-pyrrole nitrogens is 1. The number of nitrogens with one attached hydrogen (secondary N) is 1. The molecule has 10 heteroatoms. The number of hydrogen-bond donors (Lipinski definition) is 2. The van der Waals surface area contributed by atoms with Crippen molar-refractivity contribution in [3.8, 4) is 0 Å². The third-order valence-electron chi connectivity index (χ3n) is 3.88. The molecule has 0 saturated carbocycles. The van der Waals surface area contributed by atoms with Crippen molar-refractivity contribution in [3.63, 3.8) is 0 Å². The number of halogens is 2. The highest BCUT2D eigenvalue weighted by Gasteiger charge is 2.44. The van der Waals surface area contributed by atoms with Crippen LogP contribution in [-0.4, -0.2) is 44.3 Å². The first kappa shape index (κ1) is 19.0. The maximum absolute atomic E-state index is 12.0. The Morgan fingerprint density at radius 1 is 1.31 bits per heavy atom. The van der Waals surface area contributed by atoms with E-state index in [2.05, 4.69) is 36.8 Å². The molecule has 0 unspecified atom stereocenters. The van der Waals surface area contributed by atoms with Crippen LogP contribution in [0.4, 0.5) is 0 Å². The van der Waals surface area contributed by atoms with Crippen molar-refractivity contribution in [1.29, 1.82) is 0 Å². The van der Waals surface area contributed by atoms with Crippen molar-refractivity contribution in [3.05, 3.63) is 67.4 Å². The standard InChI is InChI=1S/C16H14Br2N2O6/c17-9-6-20(16(24)19-13(9)22)14-11(18)12(21)10(26-14)7-25-15(23)8-4-2-1-3-5-8/h1-6,10-12,14,21H,7H2,(H,19,22,24)/t10-,11-,12-,14-/m1/s1. The number of aliphatic hydroxyl groups is 1. The number of nitrogens with zero attached hydrogens (tertiary/aromatic N) is 1. The van der Waals surface area contributed by atoms with Gasteiger partial charge in [0.05, 0.1) is 14.9 Å². The van der Waals surface area contributed by atoms with Gasteiger partial charge in [0.25, 0.3) is 5.56 Å². The Labute approximate surface area is 164 Å². The summed E-state index contributed by atoms with van der Waals surface area (Å²) in [5, 5.41) is 10.3. The maximum atomic E-state index is 12.0. The molecule has 1 fully saturated rings. The van der Waals surface area contributed by atoms with Crippen LogP contribution in [0.1, 0.15) is 16.6 Å². The highest BCUT2D eigenvalue weighted by Crippen LogP contribution is 2.34. The van der Waals surface area contributed by atoms with E-state index in [1.165, 1.54) is 6.20 Å². The fourth-order valence-electron chi connectivity index (χ4n) is 2.53. The van der Waals surface area contributed by atoms with Gasteiger partial charge in [-0.25, -0.2) is 9.59 Å². The lowest BCUT2D eigenvalue weighted by atomic mass is 10.2. The largest absolute Gasteiger partial charge is 0.459 e. The van der Waals surface area contributed by atoms with E-state index in [1.807, 2.05) is 0 Å². The number of aliphatic hydroxyl groups excluding tert-OH is 1. The molecule has 1 aromatic heterocycles. The summed E-state index contributed by atoms with van der Waals surface area (Å²) in [7, 11) is 0. The van der Waals surface area contributed by atoms with Crippen molar-refractivity contribution in [2.24, 2.45) is 0 Å². The molecular formula is C16H14Br2N2O6. The summed E-state index contributed by atoms with van der Waals surface area (Å²) in [6.07, 6.45) is -1.47. The molecule has 3 rings (SSSR count). The van der Waals surface area contributed by atoms with Crippen molar-refractivity contribution < 1.29 is 19.4 Å². The van der Waals surface area contributed by atoms with E-state index >= 15 is 0 Å². The highest BCUT2D eigenvalue weighted by atomic mass is 79.9. The van der Waals surface area contributed by atoms with Crippen LogP contribution in [0.25, 0.3) is 0 Å². The fraction of sp³-hybridized carbons (Fsp3) is 0.312. The minimum atomic E-state index is -1.03. The number of benzene rings is 1. The van der Waals surface area contributed by atoms with Gasteiger partial charge in [0.1, 0.15) is 18.8 Å². The summed E-state index contributed by atoms with van der Waals surface area (Å²) in [5.41, 5.74) is -0.862. The summed E-state index contributed by atoms with van der Waals surface area (Å²) in [6.45, 7) is -0.188. The predicted molar refractivity (Wildman–Crippen MR) is 98.4 cm³/mol. The van der Waals surface area contributed by atoms with Gasteiger partial charge in [0.2, 0.25) is 0 Å². The molecule has 0 bridgehead atoms.